The van der Waals surface area contributed by atoms with Gasteiger partial charge in [-0.3, -0.25) is 10.1 Å². The highest BCUT2D eigenvalue weighted by Gasteiger charge is 2.16. The quantitative estimate of drug-likeness (QED) is 0.547. The average molecular weight is 396 g/mol. The van der Waals surface area contributed by atoms with Crippen LogP contribution in [0, 0.1) is 20.8 Å². The zero-order valence-electron chi connectivity index (χ0n) is 15.1. The largest absolute Gasteiger partial charge is 0.298 e. The summed E-state index contributed by atoms with van der Waals surface area (Å²) < 4.78 is 1.66. The molecule has 0 radical (unpaired) electrons. The first-order chi connectivity index (χ1) is 13.0. The maximum atomic E-state index is 12.7. The normalized spacial score (nSPS) is 10.9. The summed E-state index contributed by atoms with van der Waals surface area (Å²) in [4.78, 5) is 24.7. The van der Waals surface area contributed by atoms with Gasteiger partial charge >= 0.3 is 0 Å². The molecule has 0 aliphatic heterocycles. The summed E-state index contributed by atoms with van der Waals surface area (Å²) >= 11 is 3.19. The molecule has 0 fully saturated rings. The number of benzene rings is 1. The summed E-state index contributed by atoms with van der Waals surface area (Å²) in [6, 6.07) is 9.71. The molecule has 0 spiro atoms. The van der Waals surface area contributed by atoms with Crippen LogP contribution in [0.3, 0.4) is 0 Å². The Balaban J connectivity index is 1.56. The molecule has 1 aromatic carbocycles. The maximum absolute atomic E-state index is 12.7. The number of anilines is 1. The summed E-state index contributed by atoms with van der Waals surface area (Å²) in [6.07, 6.45) is 3.11. The highest BCUT2D eigenvalue weighted by atomic mass is 32.1. The summed E-state index contributed by atoms with van der Waals surface area (Å²) in [5, 5.41) is 7.65. The summed E-state index contributed by atoms with van der Waals surface area (Å²) in [7, 11) is 0. The molecule has 1 N–H and O–H groups in total. The molecule has 0 atom stereocenters. The minimum Gasteiger partial charge on any atom is -0.298 e. The van der Waals surface area contributed by atoms with E-state index < -0.39 is 0 Å². The van der Waals surface area contributed by atoms with Crippen molar-refractivity contribution in [2.75, 3.05) is 5.32 Å². The minimum absolute atomic E-state index is 0.166. The van der Waals surface area contributed by atoms with Crippen molar-refractivity contribution in [3.05, 3.63) is 63.9 Å². The van der Waals surface area contributed by atoms with Crippen LogP contribution < -0.4 is 5.32 Å². The van der Waals surface area contributed by atoms with Crippen LogP contribution in [0.4, 0.5) is 5.13 Å². The number of amides is 1. The zero-order chi connectivity index (χ0) is 19.0. The number of aryl methyl sites for hydroxylation is 3. The molecule has 1 amide bonds. The maximum Gasteiger partial charge on any atom is 0.257 e. The van der Waals surface area contributed by atoms with Crippen molar-refractivity contribution in [3.8, 4) is 16.3 Å². The second-order valence-electron chi connectivity index (χ2n) is 6.13. The lowest BCUT2D eigenvalue weighted by Crippen LogP contribution is -2.13. The van der Waals surface area contributed by atoms with Gasteiger partial charge in [0, 0.05) is 15.3 Å². The monoisotopic (exact) mass is 395 g/mol. The Hall–Kier alpha value is -2.84. The minimum atomic E-state index is -0.166. The number of carbonyl (C=O) groups is 1. The van der Waals surface area contributed by atoms with Crippen molar-refractivity contribution in [3.63, 3.8) is 0 Å². The lowest BCUT2D eigenvalue weighted by atomic mass is 10.1. The second kappa shape index (κ2) is 7.05. The summed E-state index contributed by atoms with van der Waals surface area (Å²) in [5.74, 6) is -0.166. The average Bonchev–Trinajstić information content (AvgIpc) is 3.36. The first-order valence-corrected chi connectivity index (χ1v) is 9.96. The van der Waals surface area contributed by atoms with Crippen LogP contribution in [-0.2, 0) is 0 Å². The van der Waals surface area contributed by atoms with E-state index in [1.54, 1.807) is 28.4 Å². The molecule has 0 aliphatic rings. The lowest BCUT2D eigenvalue weighted by Gasteiger charge is -2.08. The van der Waals surface area contributed by atoms with Gasteiger partial charge in [-0.05, 0) is 56.7 Å². The van der Waals surface area contributed by atoms with E-state index in [1.165, 1.54) is 22.5 Å². The number of rotatable bonds is 4. The number of hydrogen-bond acceptors (Lipinski definition) is 6. The molecule has 3 aromatic heterocycles. The second-order valence-corrected chi connectivity index (χ2v) is 8.62. The van der Waals surface area contributed by atoms with Gasteiger partial charge in [0.2, 0.25) is 0 Å². The molecule has 0 bridgehead atoms. The Bertz CT molecular complexity index is 1110. The van der Waals surface area contributed by atoms with Crippen LogP contribution >= 0.6 is 22.7 Å². The fourth-order valence-corrected chi connectivity index (χ4v) is 4.59. The molecule has 136 valence electrons. The molecule has 0 unspecified atom stereocenters. The van der Waals surface area contributed by atoms with Gasteiger partial charge in [0.15, 0.2) is 5.13 Å². The van der Waals surface area contributed by atoms with Gasteiger partial charge in [-0.25, -0.2) is 14.6 Å². The van der Waals surface area contributed by atoms with Gasteiger partial charge in [-0.1, -0.05) is 0 Å². The van der Waals surface area contributed by atoms with Gasteiger partial charge in [0.25, 0.3) is 5.91 Å². The Kier molecular flexibility index (Phi) is 4.59. The van der Waals surface area contributed by atoms with Crippen LogP contribution in [0.1, 0.15) is 25.7 Å². The molecule has 4 rings (SSSR count). The number of hydrogen-bond donors (Lipinski definition) is 1. The highest BCUT2D eigenvalue weighted by molar-refractivity contribution is 7.18. The Morgan fingerprint density at radius 3 is 2.63 bits per heavy atom. The molecule has 3 heterocycles. The Morgan fingerprint density at radius 1 is 1.11 bits per heavy atom. The van der Waals surface area contributed by atoms with E-state index in [1.807, 2.05) is 26.0 Å². The van der Waals surface area contributed by atoms with E-state index in [4.69, 9.17) is 0 Å². The zero-order valence-corrected chi connectivity index (χ0v) is 16.7. The number of thiophene rings is 1. The van der Waals surface area contributed by atoms with Crippen molar-refractivity contribution < 1.29 is 4.79 Å². The van der Waals surface area contributed by atoms with E-state index in [2.05, 4.69) is 39.4 Å². The van der Waals surface area contributed by atoms with Crippen LogP contribution in [-0.4, -0.2) is 25.7 Å². The third-order valence-corrected chi connectivity index (χ3v) is 6.02. The smallest absolute Gasteiger partial charge is 0.257 e. The molecule has 6 nitrogen and oxygen atoms in total. The van der Waals surface area contributed by atoms with Crippen LogP contribution in [0.15, 0.2) is 43.0 Å². The van der Waals surface area contributed by atoms with Crippen LogP contribution in [0.25, 0.3) is 16.3 Å². The van der Waals surface area contributed by atoms with E-state index in [9.17, 15) is 4.79 Å². The van der Waals surface area contributed by atoms with Crippen LogP contribution in [0.5, 0.6) is 0 Å². The van der Waals surface area contributed by atoms with Crippen LogP contribution in [0.2, 0.25) is 0 Å². The van der Waals surface area contributed by atoms with E-state index in [0.717, 1.165) is 26.7 Å². The van der Waals surface area contributed by atoms with Crippen molar-refractivity contribution in [1.82, 2.24) is 19.7 Å². The number of nitrogens with one attached hydrogen (secondary N) is 1. The summed E-state index contributed by atoms with van der Waals surface area (Å²) in [5.41, 5.74) is 3.27. The van der Waals surface area contributed by atoms with Crippen molar-refractivity contribution >= 4 is 33.7 Å². The molecular weight excluding hydrogens is 378 g/mol. The molecule has 27 heavy (non-hydrogen) atoms. The molecule has 0 saturated carbocycles. The van der Waals surface area contributed by atoms with Gasteiger partial charge in [-0.2, -0.15) is 5.10 Å². The lowest BCUT2D eigenvalue weighted by molar-refractivity contribution is 0.102. The first kappa shape index (κ1) is 17.6. The van der Waals surface area contributed by atoms with Gasteiger partial charge in [0.05, 0.1) is 16.3 Å². The Labute approximate surface area is 164 Å². The van der Waals surface area contributed by atoms with Gasteiger partial charge < -0.3 is 0 Å². The van der Waals surface area contributed by atoms with Crippen molar-refractivity contribution in [1.29, 1.82) is 0 Å². The highest BCUT2D eigenvalue weighted by Crippen LogP contribution is 2.34. The van der Waals surface area contributed by atoms with Crippen molar-refractivity contribution in [2.45, 2.75) is 20.8 Å². The number of aromatic nitrogens is 4. The van der Waals surface area contributed by atoms with Gasteiger partial charge in [0.1, 0.15) is 12.7 Å². The van der Waals surface area contributed by atoms with Crippen molar-refractivity contribution in [2.24, 2.45) is 0 Å². The third-order valence-electron chi connectivity index (χ3n) is 4.13. The fraction of sp³-hybridized carbons (Fsp3) is 0.158. The Morgan fingerprint density at radius 2 is 1.96 bits per heavy atom. The standard InChI is InChI=1S/C19H17N5OS2/c1-11-8-14(24-10-20-9-21-24)5-6-15(11)18(25)23-19-22-17(13(3)27-19)16-7-4-12(2)26-16/h4-10H,1-3H3,(H,22,23,25). The molecule has 0 aliphatic carbocycles. The predicted molar refractivity (Wildman–Crippen MR) is 109 cm³/mol. The number of nitrogens with zero attached hydrogens (tertiary/aromatic N) is 4. The fourth-order valence-electron chi connectivity index (χ4n) is 2.79. The third kappa shape index (κ3) is 3.54. The predicted octanol–water partition coefficient (Wildman–Crippen LogP) is 4.63. The van der Waals surface area contributed by atoms with Gasteiger partial charge in [-0.15, -0.1) is 22.7 Å². The summed E-state index contributed by atoms with van der Waals surface area (Å²) in [6.45, 7) is 6.00. The molecule has 0 saturated heterocycles. The molecule has 8 heteroatoms. The molecular formula is C19H17N5OS2. The van der Waals surface area contributed by atoms with E-state index in [-0.39, 0.29) is 5.91 Å². The van der Waals surface area contributed by atoms with E-state index in [0.29, 0.717) is 10.7 Å². The SMILES string of the molecule is Cc1ccc(-c2nc(NC(=O)c3ccc(-n4cncn4)cc3C)sc2C)s1. The number of thiazole rings is 1. The van der Waals surface area contributed by atoms with E-state index >= 15 is 0 Å². The number of carbonyl (C=O) groups excluding carboxylic acids is 1. The topological polar surface area (TPSA) is 72.7 Å². The molecule has 4 aromatic rings. The first-order valence-electron chi connectivity index (χ1n) is 8.32.